The van der Waals surface area contributed by atoms with Gasteiger partial charge in [-0.05, 0) is 37.5 Å². The van der Waals surface area contributed by atoms with E-state index in [0.717, 1.165) is 102 Å². The maximum absolute atomic E-state index is 13.2. The Kier molecular flexibility index (Phi) is 76.9. The lowest BCUT2D eigenvalue weighted by molar-refractivity contribution is -0.161. The number of hydrogen-bond donors (Lipinski definition) is 3. The second-order valence-corrected chi connectivity index (χ2v) is 35.1. The molecule has 0 aliphatic carbocycles. The van der Waals surface area contributed by atoms with Crippen LogP contribution in [0.25, 0.3) is 0 Å². The number of aliphatic hydroxyl groups excluding tert-OH is 1. The van der Waals surface area contributed by atoms with Gasteiger partial charge in [0.25, 0.3) is 0 Å². The van der Waals surface area contributed by atoms with Crippen LogP contribution in [0.4, 0.5) is 0 Å². The highest BCUT2D eigenvalue weighted by Crippen LogP contribution is 2.45. The summed E-state index contributed by atoms with van der Waals surface area (Å²) in [6.07, 6.45) is 70.9. The fourth-order valence-corrected chi connectivity index (χ4v) is 15.2. The fourth-order valence-electron chi connectivity index (χ4n) is 13.6. The van der Waals surface area contributed by atoms with Crippen LogP contribution in [-0.2, 0) is 65.4 Å². The summed E-state index contributed by atoms with van der Waals surface area (Å²) in [5, 5.41) is 10.7. The van der Waals surface area contributed by atoms with Crippen molar-refractivity contribution in [3.8, 4) is 0 Å². The molecule has 0 saturated heterocycles. The van der Waals surface area contributed by atoms with Gasteiger partial charge in [-0.3, -0.25) is 37.3 Å². The van der Waals surface area contributed by atoms with Crippen molar-refractivity contribution >= 4 is 39.5 Å². The van der Waals surface area contributed by atoms with Crippen LogP contribution in [0.2, 0.25) is 0 Å². The number of esters is 4. The van der Waals surface area contributed by atoms with Crippen molar-refractivity contribution < 1.29 is 80.2 Å². The number of aliphatic hydroxyl groups is 1. The smallest absolute Gasteiger partial charge is 0.462 e. The molecule has 5 atom stereocenters. The van der Waals surface area contributed by atoms with Crippen LogP contribution in [0.3, 0.4) is 0 Å². The molecule has 106 heavy (non-hydrogen) atoms. The van der Waals surface area contributed by atoms with E-state index >= 15 is 0 Å². The van der Waals surface area contributed by atoms with Crippen LogP contribution in [0.5, 0.6) is 0 Å². The van der Waals surface area contributed by atoms with Gasteiger partial charge in [-0.2, -0.15) is 0 Å². The Morgan fingerprint density at radius 1 is 0.255 bits per heavy atom. The van der Waals surface area contributed by atoms with Crippen LogP contribution >= 0.6 is 15.6 Å². The van der Waals surface area contributed by atoms with E-state index in [2.05, 4.69) is 41.5 Å². The molecule has 0 rings (SSSR count). The quantitative estimate of drug-likeness (QED) is 0.0222. The number of carbonyl (C=O) groups is 4. The second-order valence-electron chi connectivity index (χ2n) is 32.2. The third-order valence-corrected chi connectivity index (χ3v) is 22.4. The Labute approximate surface area is 651 Å². The molecule has 3 N–H and O–H groups in total. The lowest BCUT2D eigenvalue weighted by Crippen LogP contribution is -2.30. The summed E-state index contributed by atoms with van der Waals surface area (Å²) >= 11 is 0. The maximum atomic E-state index is 13.2. The molecule has 0 aliphatic heterocycles. The van der Waals surface area contributed by atoms with E-state index in [9.17, 15) is 43.2 Å². The number of hydrogen-bond acceptors (Lipinski definition) is 15. The third kappa shape index (κ3) is 80.1. The average Bonchev–Trinajstić information content (AvgIpc) is 0.899. The first kappa shape index (κ1) is 104. The van der Waals surface area contributed by atoms with Crippen molar-refractivity contribution in [2.45, 2.75) is 484 Å². The van der Waals surface area contributed by atoms with Gasteiger partial charge in [0, 0.05) is 25.7 Å². The Morgan fingerprint density at radius 3 is 0.642 bits per heavy atom. The van der Waals surface area contributed by atoms with E-state index in [-0.39, 0.29) is 25.7 Å². The molecule has 2 unspecified atom stereocenters. The summed E-state index contributed by atoms with van der Waals surface area (Å²) in [7, 11) is -9.93. The molecule has 0 saturated carbocycles. The zero-order chi connectivity index (χ0) is 77.8. The summed E-state index contributed by atoms with van der Waals surface area (Å²) in [4.78, 5) is 73.2. The van der Waals surface area contributed by atoms with E-state index in [1.807, 2.05) is 0 Å². The number of rotatable bonds is 86. The lowest BCUT2D eigenvalue weighted by atomic mass is 10.0. The number of ether oxygens (including phenoxy) is 4. The van der Waals surface area contributed by atoms with Gasteiger partial charge in [-0.1, -0.05) is 414 Å². The first-order valence-corrected chi connectivity index (χ1v) is 48.0. The van der Waals surface area contributed by atoms with Gasteiger partial charge >= 0.3 is 39.5 Å². The van der Waals surface area contributed by atoms with E-state index in [1.54, 1.807) is 0 Å². The van der Waals surface area contributed by atoms with Crippen molar-refractivity contribution in [1.82, 2.24) is 0 Å². The Bertz CT molecular complexity index is 2030. The number of phosphoric ester groups is 2. The molecule has 0 aromatic heterocycles. The van der Waals surface area contributed by atoms with Gasteiger partial charge in [0.1, 0.15) is 19.3 Å². The Hall–Kier alpha value is -1.94. The van der Waals surface area contributed by atoms with E-state index in [4.69, 9.17) is 37.0 Å². The molecule has 0 amide bonds. The number of phosphoric acid groups is 2. The fraction of sp³-hybridized carbons (Fsp3) is 0.954. The van der Waals surface area contributed by atoms with E-state index < -0.39 is 97.5 Å². The first-order valence-electron chi connectivity index (χ1n) is 45.0. The minimum Gasteiger partial charge on any atom is -0.462 e. The molecule has 0 aliphatic rings. The molecule has 0 spiro atoms. The predicted octanol–water partition coefficient (Wildman–Crippen LogP) is 26.6. The van der Waals surface area contributed by atoms with Crippen molar-refractivity contribution in [1.29, 1.82) is 0 Å². The summed E-state index contributed by atoms with van der Waals surface area (Å²) in [6, 6.07) is 0. The van der Waals surface area contributed by atoms with Crippen LogP contribution in [0, 0.1) is 11.8 Å². The van der Waals surface area contributed by atoms with Crippen molar-refractivity contribution in [2.24, 2.45) is 11.8 Å². The molecular weight excluding hydrogens is 1380 g/mol. The van der Waals surface area contributed by atoms with Crippen LogP contribution < -0.4 is 0 Å². The van der Waals surface area contributed by atoms with Crippen LogP contribution in [-0.4, -0.2) is 96.7 Å². The Balaban J connectivity index is 5.21. The van der Waals surface area contributed by atoms with E-state index in [0.29, 0.717) is 25.7 Å². The zero-order valence-corrected chi connectivity index (χ0v) is 71.5. The summed E-state index contributed by atoms with van der Waals surface area (Å²) in [5.41, 5.74) is 0. The molecule has 0 radical (unpaired) electrons. The molecule has 0 fully saturated rings. The number of unbranched alkanes of at least 4 members (excludes halogenated alkanes) is 56. The van der Waals surface area contributed by atoms with Gasteiger partial charge < -0.3 is 33.8 Å². The highest BCUT2D eigenvalue weighted by molar-refractivity contribution is 7.47. The van der Waals surface area contributed by atoms with Gasteiger partial charge in [0.05, 0.1) is 26.4 Å². The molecule has 19 heteroatoms. The predicted molar refractivity (Wildman–Crippen MR) is 437 cm³/mol. The largest absolute Gasteiger partial charge is 0.472 e. The van der Waals surface area contributed by atoms with Crippen molar-refractivity contribution in [3.05, 3.63) is 0 Å². The highest BCUT2D eigenvalue weighted by atomic mass is 31.2. The molecule has 0 aromatic rings. The van der Waals surface area contributed by atoms with Crippen molar-refractivity contribution in [3.63, 3.8) is 0 Å². The first-order chi connectivity index (χ1) is 51.4. The van der Waals surface area contributed by atoms with Gasteiger partial charge in [-0.15, -0.1) is 0 Å². The number of carbonyl (C=O) groups excluding carboxylic acids is 4. The third-order valence-electron chi connectivity index (χ3n) is 20.5. The van der Waals surface area contributed by atoms with Gasteiger partial charge in [0.15, 0.2) is 12.2 Å². The van der Waals surface area contributed by atoms with E-state index in [1.165, 1.54) is 283 Å². The minimum absolute atomic E-state index is 0.107. The van der Waals surface area contributed by atoms with Gasteiger partial charge in [0.2, 0.25) is 0 Å². The summed E-state index contributed by atoms with van der Waals surface area (Å²) in [5.74, 6) is -0.529. The van der Waals surface area contributed by atoms with Crippen molar-refractivity contribution in [2.75, 3.05) is 39.6 Å². The molecular formula is C87H170O17P2. The van der Waals surface area contributed by atoms with Crippen LogP contribution in [0.1, 0.15) is 465 Å². The second kappa shape index (κ2) is 78.3. The Morgan fingerprint density at radius 2 is 0.434 bits per heavy atom. The molecule has 0 bridgehead atoms. The normalized spacial score (nSPS) is 13.8. The standard InChI is InChI=1S/C87H170O17P2/c1-7-9-11-13-15-17-19-20-21-22-23-24-25-29-32-35-39-46-52-58-64-70-85(90)98-76-82(103-86(91)71-65-59-53-47-40-36-33-30-27-26-28-31-34-38-43-49-55-61-67-79(3)4)77-101-105(93,94)99-73-81(88)74-100-106(95,96)102-78-83(75-97-84(89)69-63-57-51-45-37-18-16-14-12-10-8-2)104-87(92)72-66-60-54-48-42-41-44-50-56-62-68-80(5)6/h79-83,88H,7-78H2,1-6H3,(H,93,94)(H,95,96)/t81-,82-,83-/m1/s1. The molecule has 17 nitrogen and oxygen atoms in total. The molecule has 630 valence electrons. The molecule has 0 heterocycles. The summed E-state index contributed by atoms with van der Waals surface area (Å²) in [6.45, 7) is 9.69. The minimum atomic E-state index is -4.97. The lowest BCUT2D eigenvalue weighted by Gasteiger charge is -2.21. The highest BCUT2D eigenvalue weighted by Gasteiger charge is 2.30. The maximum Gasteiger partial charge on any atom is 0.472 e. The average molecular weight is 1550 g/mol. The van der Waals surface area contributed by atoms with Crippen LogP contribution in [0.15, 0.2) is 0 Å². The zero-order valence-electron chi connectivity index (χ0n) is 69.7. The van der Waals surface area contributed by atoms with Gasteiger partial charge in [-0.25, -0.2) is 9.13 Å². The SMILES string of the molecule is CCCCCCCCCCCCCCCCCCCCCCCC(=O)OC[C@H](COP(=O)(O)OC[C@@H](O)COP(=O)(O)OC[C@@H](COC(=O)CCCCCCCCCCCCC)OC(=O)CCCCCCCCCCCCC(C)C)OC(=O)CCCCCCCCCCCCCCCCCCCCC(C)C. The monoisotopic (exact) mass is 1550 g/mol. The topological polar surface area (TPSA) is 237 Å². The summed E-state index contributed by atoms with van der Waals surface area (Å²) < 4.78 is 68.9. The molecule has 0 aromatic carbocycles.